The van der Waals surface area contributed by atoms with Crippen LogP contribution in [0.3, 0.4) is 0 Å². The summed E-state index contributed by atoms with van der Waals surface area (Å²) in [6.45, 7) is 3.56. The number of rotatable bonds is 5. The van der Waals surface area contributed by atoms with Crippen LogP contribution >= 0.6 is 11.6 Å². The van der Waals surface area contributed by atoms with E-state index in [2.05, 4.69) is 15.2 Å². The highest BCUT2D eigenvalue weighted by Gasteiger charge is 2.26. The molecule has 0 spiro atoms. The second-order valence-corrected chi connectivity index (χ2v) is 7.67. The highest BCUT2D eigenvalue weighted by Crippen LogP contribution is 2.30. The number of carbonyl (C=O) groups excluding carboxylic acids is 2. The third-order valence-electron chi connectivity index (χ3n) is 4.86. The van der Waals surface area contributed by atoms with Crippen molar-refractivity contribution < 1.29 is 14.0 Å². The number of hydrogen-bond donors (Lipinski definition) is 1. The Morgan fingerprint density at radius 2 is 2.07 bits per heavy atom. The molecule has 1 aromatic carbocycles. The first-order valence-corrected chi connectivity index (χ1v) is 9.50. The molecule has 27 heavy (non-hydrogen) atoms. The molecular weight excluding hydrogens is 368 g/mol. The second-order valence-electron chi connectivity index (χ2n) is 7.24. The Hall–Kier alpha value is -2.12. The van der Waals surface area contributed by atoms with Crippen molar-refractivity contribution in [1.29, 1.82) is 0 Å². The minimum absolute atomic E-state index is 0.113. The summed E-state index contributed by atoms with van der Waals surface area (Å²) in [7, 11) is 3.35. The molecule has 3 rings (SSSR count). The molecule has 1 atom stereocenters. The van der Waals surface area contributed by atoms with Crippen molar-refractivity contribution in [3.63, 3.8) is 0 Å². The predicted octanol–water partition coefficient (Wildman–Crippen LogP) is 2.25. The van der Waals surface area contributed by atoms with Crippen molar-refractivity contribution in [2.24, 2.45) is 0 Å². The Balaban J connectivity index is 1.51. The van der Waals surface area contributed by atoms with Gasteiger partial charge in [0.1, 0.15) is 11.6 Å². The maximum absolute atomic E-state index is 12.2. The summed E-state index contributed by atoms with van der Waals surface area (Å²) in [5, 5.41) is 3.40. The lowest BCUT2D eigenvalue weighted by molar-refractivity contribution is -0.134. The highest BCUT2D eigenvalue weighted by atomic mass is 35.5. The molecule has 1 saturated heterocycles. The van der Waals surface area contributed by atoms with Crippen LogP contribution in [0.15, 0.2) is 22.6 Å². The first kappa shape index (κ1) is 19.6. The molecule has 1 aliphatic rings. The maximum Gasteiger partial charge on any atom is 0.244 e. The monoisotopic (exact) mass is 392 g/mol. The molecule has 1 fully saturated rings. The number of likely N-dealkylation sites (tertiary alicyclic amines) is 1. The van der Waals surface area contributed by atoms with Gasteiger partial charge in [0.25, 0.3) is 0 Å². The number of likely N-dealkylation sites (N-methyl/N-ethyl adjacent to an activating group) is 1. The van der Waals surface area contributed by atoms with E-state index in [0.717, 1.165) is 42.9 Å². The molecule has 8 heteroatoms. The van der Waals surface area contributed by atoms with Crippen LogP contribution in [-0.4, -0.2) is 66.4 Å². The number of carbonyl (C=O) groups is 2. The van der Waals surface area contributed by atoms with Crippen LogP contribution in [0.2, 0.25) is 5.02 Å². The van der Waals surface area contributed by atoms with Crippen molar-refractivity contribution in [1.82, 2.24) is 20.1 Å². The lowest BCUT2D eigenvalue weighted by atomic mass is 9.97. The van der Waals surface area contributed by atoms with E-state index in [1.54, 1.807) is 33.2 Å². The van der Waals surface area contributed by atoms with Gasteiger partial charge in [0.15, 0.2) is 11.5 Å². The normalized spacial score (nSPS) is 17.0. The van der Waals surface area contributed by atoms with Gasteiger partial charge in [-0.3, -0.25) is 14.5 Å². The minimum Gasteiger partial charge on any atom is -0.440 e. The van der Waals surface area contributed by atoms with E-state index in [1.165, 1.54) is 4.90 Å². The Morgan fingerprint density at radius 1 is 1.37 bits per heavy atom. The Morgan fingerprint density at radius 3 is 2.74 bits per heavy atom. The van der Waals surface area contributed by atoms with Crippen LogP contribution in [-0.2, 0) is 9.59 Å². The molecular formula is C19H25ClN4O3. The fourth-order valence-electron chi connectivity index (χ4n) is 3.37. The van der Waals surface area contributed by atoms with Gasteiger partial charge >= 0.3 is 0 Å². The molecule has 1 unspecified atom stereocenters. The zero-order chi connectivity index (χ0) is 19.6. The summed E-state index contributed by atoms with van der Waals surface area (Å²) in [6, 6.07) is 4.92. The van der Waals surface area contributed by atoms with Gasteiger partial charge < -0.3 is 14.6 Å². The number of benzene rings is 1. The van der Waals surface area contributed by atoms with Gasteiger partial charge in [-0.25, -0.2) is 4.98 Å². The van der Waals surface area contributed by atoms with Crippen molar-refractivity contribution in [2.75, 3.05) is 33.7 Å². The van der Waals surface area contributed by atoms with E-state index in [0.29, 0.717) is 11.6 Å². The van der Waals surface area contributed by atoms with Gasteiger partial charge in [0.2, 0.25) is 11.8 Å². The lowest BCUT2D eigenvalue weighted by Crippen LogP contribution is -2.48. The van der Waals surface area contributed by atoms with E-state index in [9.17, 15) is 9.59 Å². The molecule has 0 bridgehead atoms. The average molecular weight is 393 g/mol. The van der Waals surface area contributed by atoms with Gasteiger partial charge in [0.05, 0.1) is 6.54 Å². The number of halogens is 1. The zero-order valence-electron chi connectivity index (χ0n) is 15.9. The van der Waals surface area contributed by atoms with Gasteiger partial charge in [-0.2, -0.15) is 0 Å². The Labute approximate surface area is 163 Å². The molecule has 1 N–H and O–H groups in total. The average Bonchev–Trinajstić information content (AvgIpc) is 3.04. The first-order valence-electron chi connectivity index (χ1n) is 9.12. The van der Waals surface area contributed by atoms with E-state index in [-0.39, 0.29) is 17.7 Å². The van der Waals surface area contributed by atoms with Crippen molar-refractivity contribution in [3.8, 4) is 0 Å². The number of piperidine rings is 1. The molecule has 2 aromatic rings. The molecule has 2 amide bonds. The number of oxazole rings is 1. The zero-order valence-corrected chi connectivity index (χ0v) is 16.6. The number of hydrogen-bond acceptors (Lipinski definition) is 5. The summed E-state index contributed by atoms with van der Waals surface area (Å²) >= 11 is 6.00. The van der Waals surface area contributed by atoms with Crippen LogP contribution in [0, 0.1) is 0 Å². The highest BCUT2D eigenvalue weighted by molar-refractivity contribution is 6.31. The van der Waals surface area contributed by atoms with E-state index >= 15 is 0 Å². The SMILES string of the molecule is CC(NC(=O)CN1CCC(c2nc3cc(Cl)ccc3o2)CC1)C(=O)N(C)C. The molecule has 1 aliphatic heterocycles. The van der Waals surface area contributed by atoms with Crippen molar-refractivity contribution in [2.45, 2.75) is 31.7 Å². The van der Waals surface area contributed by atoms with Crippen LogP contribution in [0.1, 0.15) is 31.6 Å². The quantitative estimate of drug-likeness (QED) is 0.844. The number of fused-ring (bicyclic) bond motifs is 1. The van der Waals surface area contributed by atoms with Crippen LogP contribution in [0.25, 0.3) is 11.1 Å². The van der Waals surface area contributed by atoms with Crippen LogP contribution in [0.4, 0.5) is 0 Å². The van der Waals surface area contributed by atoms with E-state index in [1.807, 2.05) is 6.07 Å². The summed E-state index contributed by atoms with van der Waals surface area (Å²) in [5.74, 6) is 0.733. The number of amides is 2. The molecule has 146 valence electrons. The smallest absolute Gasteiger partial charge is 0.244 e. The third-order valence-corrected chi connectivity index (χ3v) is 5.09. The Kier molecular flexibility index (Phi) is 6.01. The van der Waals surface area contributed by atoms with Crippen LogP contribution < -0.4 is 5.32 Å². The molecule has 7 nitrogen and oxygen atoms in total. The predicted molar refractivity (Wildman–Crippen MR) is 104 cm³/mol. The number of nitrogens with one attached hydrogen (secondary N) is 1. The Bertz CT molecular complexity index is 827. The van der Waals surface area contributed by atoms with Gasteiger partial charge in [-0.1, -0.05) is 11.6 Å². The fraction of sp³-hybridized carbons (Fsp3) is 0.526. The second kappa shape index (κ2) is 8.27. The third kappa shape index (κ3) is 4.78. The molecule has 1 aromatic heterocycles. The summed E-state index contributed by atoms with van der Waals surface area (Å²) < 4.78 is 5.87. The van der Waals surface area contributed by atoms with E-state index in [4.69, 9.17) is 16.0 Å². The topological polar surface area (TPSA) is 78.7 Å². The minimum atomic E-state index is -0.517. The largest absolute Gasteiger partial charge is 0.440 e. The molecule has 0 saturated carbocycles. The summed E-state index contributed by atoms with van der Waals surface area (Å²) in [4.78, 5) is 32.2. The number of aromatic nitrogens is 1. The number of nitrogens with zero attached hydrogens (tertiary/aromatic N) is 3. The lowest BCUT2D eigenvalue weighted by Gasteiger charge is -2.30. The van der Waals surface area contributed by atoms with E-state index < -0.39 is 6.04 Å². The van der Waals surface area contributed by atoms with Crippen LogP contribution in [0.5, 0.6) is 0 Å². The first-order chi connectivity index (χ1) is 12.8. The molecule has 2 heterocycles. The van der Waals surface area contributed by atoms with Crippen molar-refractivity contribution in [3.05, 3.63) is 29.1 Å². The summed E-state index contributed by atoms with van der Waals surface area (Å²) in [5.41, 5.74) is 1.52. The van der Waals surface area contributed by atoms with Crippen molar-refractivity contribution >= 4 is 34.5 Å². The molecule has 0 aliphatic carbocycles. The van der Waals surface area contributed by atoms with Gasteiger partial charge in [-0.15, -0.1) is 0 Å². The maximum atomic E-state index is 12.2. The molecule has 0 radical (unpaired) electrons. The standard InChI is InChI=1S/C19H25ClN4O3/c1-12(19(26)23(2)3)21-17(25)11-24-8-6-13(7-9-24)18-22-15-10-14(20)4-5-16(15)27-18/h4-5,10,12-13H,6-9,11H2,1-3H3,(H,21,25). The summed E-state index contributed by atoms with van der Waals surface area (Å²) in [6.07, 6.45) is 1.75. The van der Waals surface area contributed by atoms with Gasteiger partial charge in [0, 0.05) is 25.0 Å². The fourth-order valence-corrected chi connectivity index (χ4v) is 3.54. The van der Waals surface area contributed by atoms with Gasteiger partial charge in [-0.05, 0) is 51.1 Å².